The van der Waals surface area contributed by atoms with Crippen LogP contribution in [0.1, 0.15) is 38.6 Å². The van der Waals surface area contributed by atoms with Gasteiger partial charge in [-0.1, -0.05) is 18.2 Å². The van der Waals surface area contributed by atoms with Gasteiger partial charge in [0.1, 0.15) is 5.82 Å². The van der Waals surface area contributed by atoms with Crippen LogP contribution in [0.2, 0.25) is 5.28 Å². The Hall–Kier alpha value is -4.06. The van der Waals surface area contributed by atoms with E-state index in [1.54, 1.807) is 4.72 Å². The van der Waals surface area contributed by atoms with Crippen LogP contribution in [0, 0.1) is 6.92 Å². The number of carbonyl (C=O) groups is 1. The largest absolute Gasteiger partial charge is 0.467 e. The van der Waals surface area contributed by atoms with E-state index >= 15 is 0 Å². The van der Waals surface area contributed by atoms with Gasteiger partial charge in [0.15, 0.2) is 0 Å². The summed E-state index contributed by atoms with van der Waals surface area (Å²) in [6, 6.07) is 4.08. The maximum atomic E-state index is 12.5. The number of hydrogen-bond acceptors (Lipinski definition) is 12. The summed E-state index contributed by atoms with van der Waals surface area (Å²) >= 11 is 5.73. The van der Waals surface area contributed by atoms with Crippen LogP contribution >= 0.6 is 11.6 Å². The summed E-state index contributed by atoms with van der Waals surface area (Å²) in [5.41, 5.74) is -0.0715. The molecule has 0 saturated carbocycles. The summed E-state index contributed by atoms with van der Waals surface area (Å²) in [4.78, 5) is 34.9. The zero-order valence-electron chi connectivity index (χ0n) is 23.2. The molecule has 1 aromatic carbocycles. The Morgan fingerprint density at radius 2 is 1.69 bits per heavy atom. The molecule has 3 aromatic rings. The van der Waals surface area contributed by atoms with Crippen LogP contribution in [-0.2, 0) is 16.4 Å². The minimum absolute atomic E-state index is 0.0715. The molecule has 0 bridgehead atoms. The van der Waals surface area contributed by atoms with Crippen molar-refractivity contribution < 1.29 is 31.1 Å². The van der Waals surface area contributed by atoms with Crippen molar-refractivity contribution in [2.24, 2.45) is 0 Å². The number of hydrogen-bond donors (Lipinski definition) is 4. The first-order chi connectivity index (χ1) is 19.6. The molecule has 0 fully saturated rings. The Morgan fingerprint density at radius 1 is 1.02 bits per heavy atom. The lowest BCUT2D eigenvalue weighted by Gasteiger charge is -2.13. The summed E-state index contributed by atoms with van der Waals surface area (Å²) in [6.45, 7) is 8.23. The number of ether oxygens (including phenoxy) is 1. The maximum Gasteiger partial charge on any atom is 0.389 e. The van der Waals surface area contributed by atoms with Crippen LogP contribution in [0.25, 0.3) is 0 Å². The fourth-order valence-electron chi connectivity index (χ4n) is 3.07. The fourth-order valence-corrected chi connectivity index (χ4v) is 4.41. The molecule has 0 aliphatic rings. The highest BCUT2D eigenvalue weighted by Crippen LogP contribution is 2.25. The molecule has 0 unspecified atom stereocenters. The Balaban J connectivity index is 0.000000369. The first-order valence-electron chi connectivity index (χ1n) is 12.3. The molecule has 0 spiro atoms. The van der Waals surface area contributed by atoms with Gasteiger partial charge in [0.05, 0.1) is 12.0 Å². The van der Waals surface area contributed by atoms with E-state index in [0.717, 1.165) is 12.6 Å². The van der Waals surface area contributed by atoms with Gasteiger partial charge in [-0.3, -0.25) is 5.32 Å². The second-order valence-electron chi connectivity index (χ2n) is 8.56. The van der Waals surface area contributed by atoms with E-state index in [1.165, 1.54) is 32.2 Å². The van der Waals surface area contributed by atoms with Gasteiger partial charge in [0.2, 0.25) is 23.1 Å². The number of aromatic nitrogens is 6. The highest BCUT2D eigenvalue weighted by Gasteiger charge is 2.29. The van der Waals surface area contributed by atoms with E-state index in [2.05, 4.69) is 45.9 Å². The van der Waals surface area contributed by atoms with Gasteiger partial charge >= 0.3 is 18.2 Å². The van der Waals surface area contributed by atoms with Crippen LogP contribution in [-0.4, -0.2) is 70.2 Å². The highest BCUT2D eigenvalue weighted by molar-refractivity contribution is 7.90. The molecule has 230 valence electrons. The molecule has 2 aromatic heterocycles. The van der Waals surface area contributed by atoms with Gasteiger partial charge in [-0.25, -0.2) is 17.9 Å². The first kappa shape index (κ1) is 34.1. The second-order valence-corrected chi connectivity index (χ2v) is 10.5. The standard InChI is InChI=1S/C15H16F3N5O4S.C8H14ClN5/c1-9-19-12(22-14(20-9)27-2)21-13(24)23-28(25,26)11-6-4-3-5-10(11)7-8-15(16,17)18;1-4-10-7-12-6(9)13-8(14-7)11-5(2)3/h3-6H,7-8H2,1-2H3,(H2,19,20,21,22,23,24);5H,4H2,1-3H3,(H2,10,11,12,13,14). The smallest absolute Gasteiger partial charge is 0.389 e. The summed E-state index contributed by atoms with van der Waals surface area (Å²) in [6.07, 6.45) is -6.20. The van der Waals surface area contributed by atoms with Crippen molar-refractivity contribution in [3.05, 3.63) is 40.9 Å². The summed E-state index contributed by atoms with van der Waals surface area (Å²) in [5, 5.41) is 8.33. The van der Waals surface area contributed by atoms with Crippen LogP contribution in [0.15, 0.2) is 29.2 Å². The Kier molecular flexibility index (Phi) is 12.4. The average molecular weight is 635 g/mol. The number of methoxy groups -OCH3 is 1. The fraction of sp³-hybridized carbons (Fsp3) is 0.435. The lowest BCUT2D eigenvalue weighted by atomic mass is 10.1. The Morgan fingerprint density at radius 3 is 2.31 bits per heavy atom. The third kappa shape index (κ3) is 11.8. The molecule has 0 aliphatic heterocycles. The number of carbonyl (C=O) groups excluding carboxylic acids is 1. The van der Waals surface area contributed by atoms with Crippen LogP contribution in [0.5, 0.6) is 6.01 Å². The minimum Gasteiger partial charge on any atom is -0.467 e. The molecule has 3 rings (SSSR count). The molecule has 4 N–H and O–H groups in total. The molecule has 2 heterocycles. The molecule has 2 amide bonds. The number of amides is 2. The molecule has 0 aliphatic carbocycles. The van der Waals surface area contributed by atoms with Gasteiger partial charge in [-0.05, 0) is 57.3 Å². The van der Waals surface area contributed by atoms with E-state index in [-0.39, 0.29) is 34.7 Å². The first-order valence-corrected chi connectivity index (χ1v) is 14.1. The van der Waals surface area contributed by atoms with E-state index in [0.29, 0.717) is 11.9 Å². The van der Waals surface area contributed by atoms with E-state index in [1.807, 2.05) is 20.8 Å². The molecule has 0 saturated heterocycles. The van der Waals surface area contributed by atoms with Gasteiger partial charge in [-0.2, -0.15) is 43.1 Å². The Labute approximate surface area is 245 Å². The number of aryl methyl sites for hydroxylation is 2. The van der Waals surface area contributed by atoms with Crippen molar-refractivity contribution in [3.63, 3.8) is 0 Å². The molecule has 0 radical (unpaired) electrons. The normalized spacial score (nSPS) is 11.3. The quantitative estimate of drug-likeness (QED) is 0.252. The second kappa shape index (κ2) is 15.2. The lowest BCUT2D eigenvalue weighted by molar-refractivity contribution is -0.134. The van der Waals surface area contributed by atoms with Crippen molar-refractivity contribution in [2.45, 2.75) is 57.7 Å². The molecule has 42 heavy (non-hydrogen) atoms. The van der Waals surface area contributed by atoms with Crippen LogP contribution in [0.3, 0.4) is 0 Å². The predicted octanol–water partition coefficient (Wildman–Crippen LogP) is 3.97. The van der Waals surface area contributed by atoms with Crippen molar-refractivity contribution in [3.8, 4) is 6.01 Å². The summed E-state index contributed by atoms with van der Waals surface area (Å²) in [7, 11) is -3.14. The molecule has 19 heteroatoms. The third-order valence-corrected chi connectivity index (χ3v) is 6.26. The number of sulfonamides is 1. The number of rotatable bonds is 10. The maximum absolute atomic E-state index is 12.5. The molecule has 14 nitrogen and oxygen atoms in total. The van der Waals surface area contributed by atoms with Gasteiger partial charge in [-0.15, -0.1) is 0 Å². The monoisotopic (exact) mass is 634 g/mol. The van der Waals surface area contributed by atoms with E-state index in [4.69, 9.17) is 16.3 Å². The number of halogens is 4. The topological polar surface area (TPSA) is 186 Å². The van der Waals surface area contributed by atoms with Gasteiger partial charge < -0.3 is 15.4 Å². The zero-order chi connectivity index (χ0) is 31.5. The summed E-state index contributed by atoms with van der Waals surface area (Å²) in [5.74, 6) is 0.941. The van der Waals surface area contributed by atoms with Crippen LogP contribution in [0.4, 0.5) is 35.8 Å². The highest BCUT2D eigenvalue weighted by atomic mass is 35.5. The zero-order valence-corrected chi connectivity index (χ0v) is 24.8. The number of nitrogens with one attached hydrogen (secondary N) is 4. The molecular weight excluding hydrogens is 605 g/mol. The number of benzene rings is 1. The van der Waals surface area contributed by atoms with Crippen LogP contribution < -0.4 is 25.4 Å². The van der Waals surface area contributed by atoms with Gasteiger partial charge in [0, 0.05) is 19.0 Å². The van der Waals surface area contributed by atoms with Crippen molar-refractivity contribution in [2.75, 3.05) is 29.6 Å². The molecular formula is C23H30ClF3N10O4S. The number of alkyl halides is 3. The molecule has 0 atom stereocenters. The lowest BCUT2D eigenvalue weighted by Crippen LogP contribution is -2.35. The van der Waals surface area contributed by atoms with Crippen molar-refractivity contribution in [1.82, 2.24) is 34.6 Å². The third-order valence-electron chi connectivity index (χ3n) is 4.66. The summed E-state index contributed by atoms with van der Waals surface area (Å²) < 4.78 is 68.8. The SMILES string of the molecule is CCNc1nc(Cl)nc(NC(C)C)n1.COc1nc(C)nc(NC(=O)NS(=O)(=O)c2ccccc2CCC(F)(F)F)n1. The number of nitrogens with zero attached hydrogens (tertiary/aromatic N) is 6. The number of urea groups is 1. The van der Waals surface area contributed by atoms with Gasteiger partial charge in [0.25, 0.3) is 10.0 Å². The predicted molar refractivity (Wildman–Crippen MR) is 149 cm³/mol. The van der Waals surface area contributed by atoms with Crippen molar-refractivity contribution >= 4 is 45.5 Å². The van der Waals surface area contributed by atoms with Crippen molar-refractivity contribution in [1.29, 1.82) is 0 Å². The number of anilines is 3. The average Bonchev–Trinajstić information content (AvgIpc) is 2.86. The van der Waals surface area contributed by atoms with E-state index in [9.17, 15) is 26.4 Å². The Bertz CT molecular complexity index is 1460. The minimum atomic E-state index is -4.45. The van der Waals surface area contributed by atoms with E-state index < -0.39 is 40.0 Å².